The number of fused-ring (bicyclic) bond motifs is 1. The highest BCUT2D eigenvalue weighted by molar-refractivity contribution is 5.96. The SMILES string of the molecule is CC(CN)CNC(=O)C1Cc2ccccc2CN1C(=O)c1ccco1. The lowest BCUT2D eigenvalue weighted by Crippen LogP contribution is -2.53. The van der Waals surface area contributed by atoms with Crippen molar-refractivity contribution in [3.63, 3.8) is 0 Å². The average Bonchev–Trinajstić information content (AvgIpc) is 3.18. The van der Waals surface area contributed by atoms with E-state index in [1.165, 1.54) is 6.26 Å². The molecule has 0 spiro atoms. The molecule has 6 nitrogen and oxygen atoms in total. The van der Waals surface area contributed by atoms with E-state index in [1.807, 2.05) is 31.2 Å². The molecule has 2 unspecified atom stereocenters. The highest BCUT2D eigenvalue weighted by Gasteiger charge is 2.35. The Kier molecular flexibility index (Phi) is 5.19. The van der Waals surface area contributed by atoms with Crippen LogP contribution in [-0.4, -0.2) is 35.8 Å². The first-order chi connectivity index (χ1) is 12.1. The van der Waals surface area contributed by atoms with Gasteiger partial charge in [0.15, 0.2) is 5.76 Å². The number of furan rings is 1. The molecule has 25 heavy (non-hydrogen) atoms. The van der Waals surface area contributed by atoms with Crippen LogP contribution in [0.5, 0.6) is 0 Å². The van der Waals surface area contributed by atoms with Gasteiger partial charge in [0.2, 0.25) is 5.91 Å². The summed E-state index contributed by atoms with van der Waals surface area (Å²) in [6.45, 7) is 3.36. The largest absolute Gasteiger partial charge is 0.459 e. The van der Waals surface area contributed by atoms with Gasteiger partial charge in [-0.1, -0.05) is 31.2 Å². The van der Waals surface area contributed by atoms with E-state index in [4.69, 9.17) is 10.2 Å². The molecule has 3 N–H and O–H groups in total. The summed E-state index contributed by atoms with van der Waals surface area (Å²) in [5.41, 5.74) is 7.76. The van der Waals surface area contributed by atoms with Crippen LogP contribution in [0.15, 0.2) is 47.1 Å². The molecule has 1 aromatic heterocycles. The predicted octanol–water partition coefficient (Wildman–Crippen LogP) is 1.56. The number of nitrogens with two attached hydrogens (primary N) is 1. The van der Waals surface area contributed by atoms with Crippen LogP contribution < -0.4 is 11.1 Å². The first kappa shape index (κ1) is 17.2. The molecule has 0 radical (unpaired) electrons. The van der Waals surface area contributed by atoms with Crippen LogP contribution in [-0.2, 0) is 17.8 Å². The number of benzene rings is 1. The Balaban J connectivity index is 1.84. The van der Waals surface area contributed by atoms with E-state index in [1.54, 1.807) is 17.0 Å². The molecule has 0 fully saturated rings. The van der Waals surface area contributed by atoms with Crippen molar-refractivity contribution in [3.8, 4) is 0 Å². The van der Waals surface area contributed by atoms with E-state index < -0.39 is 6.04 Å². The molecule has 0 bridgehead atoms. The van der Waals surface area contributed by atoms with Gasteiger partial charge in [0, 0.05) is 19.5 Å². The normalized spacial score (nSPS) is 17.7. The Bertz CT molecular complexity index is 742. The number of nitrogens with one attached hydrogen (secondary N) is 1. The first-order valence-corrected chi connectivity index (χ1v) is 8.49. The van der Waals surface area contributed by atoms with Crippen molar-refractivity contribution in [2.24, 2.45) is 11.7 Å². The third-order valence-electron chi connectivity index (χ3n) is 4.57. The van der Waals surface area contributed by atoms with Crippen molar-refractivity contribution < 1.29 is 14.0 Å². The van der Waals surface area contributed by atoms with Gasteiger partial charge in [-0.25, -0.2) is 0 Å². The number of amides is 2. The molecule has 1 aliphatic rings. The van der Waals surface area contributed by atoms with Crippen molar-refractivity contribution in [2.45, 2.75) is 25.9 Å². The minimum atomic E-state index is -0.558. The molecular weight excluding hydrogens is 318 g/mol. The van der Waals surface area contributed by atoms with Crippen LogP contribution in [0.1, 0.15) is 28.6 Å². The predicted molar refractivity (Wildman–Crippen MR) is 93.7 cm³/mol. The molecule has 0 saturated carbocycles. The van der Waals surface area contributed by atoms with Crippen LogP contribution in [0.3, 0.4) is 0 Å². The molecule has 2 atom stereocenters. The summed E-state index contributed by atoms with van der Waals surface area (Å²) in [6.07, 6.45) is 1.95. The van der Waals surface area contributed by atoms with E-state index in [0.29, 0.717) is 26.1 Å². The Labute approximate surface area is 147 Å². The lowest BCUT2D eigenvalue weighted by atomic mass is 9.93. The second-order valence-electron chi connectivity index (χ2n) is 6.49. The Morgan fingerprint density at radius 3 is 2.72 bits per heavy atom. The van der Waals surface area contributed by atoms with E-state index in [2.05, 4.69) is 5.32 Å². The fourth-order valence-corrected chi connectivity index (χ4v) is 2.99. The Morgan fingerprint density at radius 1 is 1.28 bits per heavy atom. The smallest absolute Gasteiger partial charge is 0.290 e. The summed E-state index contributed by atoms with van der Waals surface area (Å²) < 4.78 is 5.24. The number of carbonyl (C=O) groups is 2. The second-order valence-corrected chi connectivity index (χ2v) is 6.49. The zero-order valence-electron chi connectivity index (χ0n) is 14.3. The van der Waals surface area contributed by atoms with Gasteiger partial charge in [0.25, 0.3) is 5.91 Å². The van der Waals surface area contributed by atoms with E-state index in [0.717, 1.165) is 11.1 Å². The fourth-order valence-electron chi connectivity index (χ4n) is 2.99. The summed E-state index contributed by atoms with van der Waals surface area (Å²) in [7, 11) is 0. The third kappa shape index (κ3) is 3.74. The summed E-state index contributed by atoms with van der Waals surface area (Å²) in [5.74, 6) is 0.00259. The maximum absolute atomic E-state index is 12.8. The molecule has 2 amide bonds. The monoisotopic (exact) mass is 341 g/mol. The average molecular weight is 341 g/mol. The van der Waals surface area contributed by atoms with Crippen LogP contribution in [0.4, 0.5) is 0 Å². The van der Waals surface area contributed by atoms with Gasteiger partial charge >= 0.3 is 0 Å². The maximum Gasteiger partial charge on any atom is 0.290 e. The highest BCUT2D eigenvalue weighted by atomic mass is 16.3. The zero-order valence-corrected chi connectivity index (χ0v) is 14.3. The molecule has 0 saturated heterocycles. The van der Waals surface area contributed by atoms with Crippen molar-refractivity contribution in [1.29, 1.82) is 0 Å². The molecular formula is C19H23N3O3. The zero-order chi connectivity index (χ0) is 17.8. The lowest BCUT2D eigenvalue weighted by Gasteiger charge is -2.35. The second kappa shape index (κ2) is 7.53. The number of rotatable bonds is 5. The summed E-state index contributed by atoms with van der Waals surface area (Å²) in [4.78, 5) is 27.1. The third-order valence-corrected chi connectivity index (χ3v) is 4.57. The molecule has 6 heteroatoms. The van der Waals surface area contributed by atoms with Gasteiger partial charge in [-0.05, 0) is 35.7 Å². The summed E-state index contributed by atoms with van der Waals surface area (Å²) >= 11 is 0. The quantitative estimate of drug-likeness (QED) is 0.864. The fraction of sp³-hybridized carbons (Fsp3) is 0.368. The number of nitrogens with zero attached hydrogens (tertiary/aromatic N) is 1. The Morgan fingerprint density at radius 2 is 2.04 bits per heavy atom. The molecule has 0 aliphatic carbocycles. The van der Waals surface area contributed by atoms with Crippen LogP contribution in [0, 0.1) is 5.92 Å². The standard InChI is InChI=1S/C19H23N3O3/c1-13(10-20)11-21-18(23)16-9-14-5-2-3-6-15(14)12-22(16)19(24)17-7-4-8-25-17/h2-8,13,16H,9-12,20H2,1H3,(H,21,23). The topological polar surface area (TPSA) is 88.6 Å². The Hall–Kier alpha value is -2.60. The van der Waals surface area contributed by atoms with Crippen LogP contribution in [0.25, 0.3) is 0 Å². The lowest BCUT2D eigenvalue weighted by molar-refractivity contribution is -0.126. The van der Waals surface area contributed by atoms with Gasteiger partial charge in [-0.15, -0.1) is 0 Å². The van der Waals surface area contributed by atoms with Gasteiger partial charge in [-0.2, -0.15) is 0 Å². The first-order valence-electron chi connectivity index (χ1n) is 8.49. The molecule has 3 rings (SSSR count). The maximum atomic E-state index is 12.8. The van der Waals surface area contributed by atoms with E-state index in [-0.39, 0.29) is 23.5 Å². The van der Waals surface area contributed by atoms with E-state index >= 15 is 0 Å². The van der Waals surface area contributed by atoms with Crippen molar-refractivity contribution in [1.82, 2.24) is 10.2 Å². The minimum absolute atomic E-state index is 0.158. The van der Waals surface area contributed by atoms with Gasteiger partial charge < -0.3 is 20.4 Å². The van der Waals surface area contributed by atoms with Gasteiger partial charge in [0.1, 0.15) is 6.04 Å². The van der Waals surface area contributed by atoms with Crippen molar-refractivity contribution in [3.05, 3.63) is 59.5 Å². The molecule has 132 valence electrons. The summed E-state index contributed by atoms with van der Waals surface area (Å²) in [5, 5.41) is 2.92. The number of hydrogen-bond acceptors (Lipinski definition) is 4. The van der Waals surface area contributed by atoms with Crippen molar-refractivity contribution >= 4 is 11.8 Å². The van der Waals surface area contributed by atoms with Gasteiger partial charge in [-0.3, -0.25) is 9.59 Å². The minimum Gasteiger partial charge on any atom is -0.459 e. The number of hydrogen-bond donors (Lipinski definition) is 2. The van der Waals surface area contributed by atoms with Crippen LogP contribution >= 0.6 is 0 Å². The van der Waals surface area contributed by atoms with Crippen LogP contribution in [0.2, 0.25) is 0 Å². The molecule has 1 aromatic carbocycles. The molecule has 1 aliphatic heterocycles. The molecule has 2 aromatic rings. The van der Waals surface area contributed by atoms with Crippen molar-refractivity contribution in [2.75, 3.05) is 13.1 Å². The van der Waals surface area contributed by atoms with E-state index in [9.17, 15) is 9.59 Å². The summed E-state index contributed by atoms with van der Waals surface area (Å²) in [6, 6.07) is 10.6. The van der Waals surface area contributed by atoms with Gasteiger partial charge in [0.05, 0.1) is 6.26 Å². The number of carbonyl (C=O) groups excluding carboxylic acids is 2. The highest BCUT2D eigenvalue weighted by Crippen LogP contribution is 2.25. The molecule has 2 heterocycles.